The molecule has 1 unspecified atom stereocenters. The van der Waals surface area contributed by atoms with E-state index >= 15 is 0 Å². The first-order valence-corrected chi connectivity index (χ1v) is 8.49. The highest BCUT2D eigenvalue weighted by Gasteiger charge is 2.18. The summed E-state index contributed by atoms with van der Waals surface area (Å²) in [5.41, 5.74) is 5.97. The molecule has 0 saturated heterocycles. The number of fused-ring (bicyclic) bond motifs is 1. The number of hydrazine groups is 1. The van der Waals surface area contributed by atoms with Gasteiger partial charge in [-0.3, -0.25) is 20.4 Å². The number of nitrogens with one attached hydrogen (secondary N) is 3. The van der Waals surface area contributed by atoms with Crippen LogP contribution in [0.5, 0.6) is 5.75 Å². The molecule has 0 bridgehead atoms. The van der Waals surface area contributed by atoms with Crippen LogP contribution in [0, 0.1) is 0 Å². The monoisotopic (exact) mass is 391 g/mol. The Morgan fingerprint density at radius 2 is 1.88 bits per heavy atom. The number of aromatic amines is 1. The molecule has 1 atom stereocenters. The number of carbonyl (C=O) groups excluding carboxylic acids is 2. The van der Waals surface area contributed by atoms with E-state index < -0.39 is 17.9 Å². The van der Waals surface area contributed by atoms with E-state index in [4.69, 9.17) is 27.9 Å². The lowest BCUT2D eigenvalue weighted by atomic mass is 10.2. The Morgan fingerprint density at radius 1 is 1.12 bits per heavy atom. The van der Waals surface area contributed by atoms with E-state index in [0.717, 1.165) is 10.9 Å². The van der Waals surface area contributed by atoms with Crippen LogP contribution in [0.4, 0.5) is 0 Å². The maximum atomic E-state index is 12.3. The molecular weight excluding hydrogens is 377 g/mol. The number of hydrogen-bond acceptors (Lipinski definition) is 3. The summed E-state index contributed by atoms with van der Waals surface area (Å²) in [7, 11) is 0. The normalized spacial score (nSPS) is 11.8. The van der Waals surface area contributed by atoms with Crippen LogP contribution in [0.2, 0.25) is 10.0 Å². The molecule has 6 nitrogen and oxygen atoms in total. The lowest BCUT2D eigenvalue weighted by Gasteiger charge is -2.16. The van der Waals surface area contributed by atoms with E-state index in [1.807, 2.05) is 24.3 Å². The first-order valence-electron chi connectivity index (χ1n) is 7.73. The second-order valence-corrected chi connectivity index (χ2v) is 6.37. The Morgan fingerprint density at radius 3 is 2.65 bits per heavy atom. The van der Waals surface area contributed by atoms with Crippen molar-refractivity contribution in [2.24, 2.45) is 0 Å². The Labute approximate surface area is 159 Å². The number of aromatic nitrogens is 1. The van der Waals surface area contributed by atoms with Gasteiger partial charge in [-0.15, -0.1) is 0 Å². The molecule has 0 aliphatic carbocycles. The number of ether oxygens (including phenoxy) is 1. The third kappa shape index (κ3) is 3.92. The van der Waals surface area contributed by atoms with Crippen LogP contribution >= 0.6 is 23.2 Å². The molecule has 26 heavy (non-hydrogen) atoms. The molecule has 0 aliphatic heterocycles. The van der Waals surface area contributed by atoms with Crippen molar-refractivity contribution in [1.82, 2.24) is 15.8 Å². The number of hydrogen-bond donors (Lipinski definition) is 3. The molecule has 2 aromatic carbocycles. The summed E-state index contributed by atoms with van der Waals surface area (Å²) in [5.74, 6) is -0.640. The smallest absolute Gasteiger partial charge is 0.279 e. The van der Waals surface area contributed by atoms with E-state index in [0.29, 0.717) is 21.4 Å². The summed E-state index contributed by atoms with van der Waals surface area (Å²) < 4.78 is 5.50. The van der Waals surface area contributed by atoms with Crippen molar-refractivity contribution in [3.05, 3.63) is 64.3 Å². The van der Waals surface area contributed by atoms with Crippen molar-refractivity contribution in [2.75, 3.05) is 0 Å². The number of carbonyl (C=O) groups is 2. The Bertz CT molecular complexity index is 971. The predicted molar refractivity (Wildman–Crippen MR) is 100 cm³/mol. The van der Waals surface area contributed by atoms with E-state index in [9.17, 15) is 9.59 Å². The van der Waals surface area contributed by atoms with Crippen LogP contribution in [0.25, 0.3) is 10.9 Å². The quantitative estimate of drug-likeness (QED) is 0.592. The summed E-state index contributed by atoms with van der Waals surface area (Å²) in [6, 6.07) is 12.1. The molecule has 1 aromatic heterocycles. The van der Waals surface area contributed by atoms with Gasteiger partial charge < -0.3 is 9.72 Å². The molecule has 0 saturated carbocycles. The molecule has 3 N–H and O–H groups in total. The highest BCUT2D eigenvalue weighted by atomic mass is 35.5. The number of halogens is 2. The van der Waals surface area contributed by atoms with Crippen molar-refractivity contribution in [2.45, 2.75) is 13.0 Å². The zero-order valence-electron chi connectivity index (χ0n) is 13.7. The molecule has 2 amide bonds. The SMILES string of the molecule is CC(Oc1ccc(Cl)cc1Cl)C(=O)NNC(=O)c1c[nH]c2ccccc12. The molecule has 3 rings (SSSR count). The fourth-order valence-electron chi connectivity index (χ4n) is 2.36. The van der Waals surface area contributed by atoms with Gasteiger partial charge in [0.25, 0.3) is 11.8 Å². The van der Waals surface area contributed by atoms with Gasteiger partial charge in [-0.05, 0) is 31.2 Å². The van der Waals surface area contributed by atoms with Crippen molar-refractivity contribution in [3.63, 3.8) is 0 Å². The molecule has 0 spiro atoms. The standard InChI is InChI=1S/C18H15Cl2N3O3/c1-10(26-16-7-6-11(19)8-14(16)20)17(24)22-23-18(25)13-9-21-15-5-3-2-4-12(13)15/h2-10,21H,1H3,(H,22,24)(H,23,25). The first kappa shape index (κ1) is 18.1. The number of benzene rings is 2. The highest BCUT2D eigenvalue weighted by Crippen LogP contribution is 2.28. The van der Waals surface area contributed by atoms with Gasteiger partial charge in [0.1, 0.15) is 5.75 Å². The number of H-pyrrole nitrogens is 1. The summed E-state index contributed by atoms with van der Waals surface area (Å²) in [6.45, 7) is 1.54. The van der Waals surface area contributed by atoms with Gasteiger partial charge in [-0.25, -0.2) is 0 Å². The second kappa shape index (κ2) is 7.68. The largest absolute Gasteiger partial charge is 0.479 e. The van der Waals surface area contributed by atoms with Crippen LogP contribution < -0.4 is 15.6 Å². The van der Waals surface area contributed by atoms with Crippen LogP contribution in [-0.4, -0.2) is 22.9 Å². The molecule has 0 fully saturated rings. The maximum absolute atomic E-state index is 12.3. The van der Waals surface area contributed by atoms with Gasteiger partial charge >= 0.3 is 0 Å². The van der Waals surface area contributed by atoms with Crippen molar-refractivity contribution >= 4 is 45.9 Å². The average molecular weight is 392 g/mol. The molecule has 134 valence electrons. The summed E-state index contributed by atoms with van der Waals surface area (Å²) in [5, 5.41) is 1.52. The number of rotatable bonds is 4. The Balaban J connectivity index is 1.60. The zero-order chi connectivity index (χ0) is 18.7. The summed E-state index contributed by atoms with van der Waals surface area (Å²) >= 11 is 11.8. The lowest BCUT2D eigenvalue weighted by molar-refractivity contribution is -0.128. The maximum Gasteiger partial charge on any atom is 0.279 e. The minimum Gasteiger partial charge on any atom is -0.479 e. The van der Waals surface area contributed by atoms with Crippen LogP contribution in [0.3, 0.4) is 0 Å². The van der Waals surface area contributed by atoms with Gasteiger partial charge in [0, 0.05) is 22.1 Å². The van der Waals surface area contributed by atoms with E-state index in [1.165, 1.54) is 13.0 Å². The minimum absolute atomic E-state index is 0.292. The fourth-order valence-corrected chi connectivity index (χ4v) is 2.81. The van der Waals surface area contributed by atoms with E-state index in [2.05, 4.69) is 15.8 Å². The van der Waals surface area contributed by atoms with Crippen LogP contribution in [0.15, 0.2) is 48.7 Å². The average Bonchev–Trinajstić information content (AvgIpc) is 3.06. The third-order valence-electron chi connectivity index (χ3n) is 3.70. The van der Waals surface area contributed by atoms with Gasteiger partial charge in [-0.1, -0.05) is 41.4 Å². The van der Waals surface area contributed by atoms with E-state index in [-0.39, 0.29) is 0 Å². The molecule has 8 heteroatoms. The summed E-state index contributed by atoms with van der Waals surface area (Å²) in [6.07, 6.45) is 0.705. The van der Waals surface area contributed by atoms with Crippen molar-refractivity contribution in [3.8, 4) is 5.75 Å². The number of para-hydroxylation sites is 1. The fraction of sp³-hybridized carbons (Fsp3) is 0.111. The first-order chi connectivity index (χ1) is 12.5. The molecule has 1 heterocycles. The topological polar surface area (TPSA) is 83.2 Å². The molecule has 0 radical (unpaired) electrons. The van der Waals surface area contributed by atoms with Gasteiger partial charge in [0.15, 0.2) is 6.10 Å². The summed E-state index contributed by atoms with van der Waals surface area (Å²) in [4.78, 5) is 27.4. The molecule has 3 aromatic rings. The second-order valence-electron chi connectivity index (χ2n) is 5.53. The zero-order valence-corrected chi connectivity index (χ0v) is 15.2. The minimum atomic E-state index is -0.878. The van der Waals surface area contributed by atoms with Crippen molar-refractivity contribution < 1.29 is 14.3 Å². The van der Waals surface area contributed by atoms with Crippen molar-refractivity contribution in [1.29, 1.82) is 0 Å². The molecule has 0 aliphatic rings. The number of amides is 2. The van der Waals surface area contributed by atoms with Gasteiger partial charge in [0.05, 0.1) is 10.6 Å². The third-order valence-corrected chi connectivity index (χ3v) is 4.23. The van der Waals surface area contributed by atoms with Crippen LogP contribution in [-0.2, 0) is 4.79 Å². The highest BCUT2D eigenvalue weighted by molar-refractivity contribution is 6.35. The Kier molecular flexibility index (Phi) is 5.35. The predicted octanol–water partition coefficient (Wildman–Crippen LogP) is 3.70. The Hall–Kier alpha value is -2.70. The lowest BCUT2D eigenvalue weighted by Crippen LogP contribution is -2.47. The van der Waals surface area contributed by atoms with Gasteiger partial charge in [0.2, 0.25) is 0 Å². The van der Waals surface area contributed by atoms with Crippen LogP contribution in [0.1, 0.15) is 17.3 Å². The molecular formula is C18H15Cl2N3O3. The van der Waals surface area contributed by atoms with E-state index in [1.54, 1.807) is 18.3 Å². The van der Waals surface area contributed by atoms with Gasteiger partial charge in [-0.2, -0.15) is 0 Å².